The molecule has 0 radical (unpaired) electrons. The third-order valence-electron chi connectivity index (χ3n) is 3.59. The molecule has 1 aromatic rings. The first-order chi connectivity index (χ1) is 8.98. The zero-order valence-corrected chi connectivity index (χ0v) is 12.7. The highest BCUT2D eigenvalue weighted by atomic mass is 79.9. The van der Waals surface area contributed by atoms with E-state index < -0.39 is 0 Å². The van der Waals surface area contributed by atoms with Gasteiger partial charge in [-0.15, -0.1) is 6.58 Å². The molecule has 1 saturated heterocycles. The molecule has 0 aromatic carbocycles. The number of nitrogens with zero attached hydrogens (tertiary/aromatic N) is 2. The molecule has 2 unspecified atom stereocenters. The Morgan fingerprint density at radius 3 is 3.11 bits per heavy atom. The van der Waals surface area contributed by atoms with E-state index in [1.54, 1.807) is 12.3 Å². The van der Waals surface area contributed by atoms with E-state index in [0.29, 0.717) is 16.7 Å². The molecule has 0 aliphatic carbocycles. The summed E-state index contributed by atoms with van der Waals surface area (Å²) in [5.74, 6) is 0. The lowest BCUT2D eigenvalue weighted by Gasteiger charge is -2.30. The molecule has 0 amide bonds. The fourth-order valence-electron chi connectivity index (χ4n) is 2.11. The maximum absolute atomic E-state index is 12.1. The van der Waals surface area contributed by atoms with Crippen LogP contribution in [-0.2, 0) is 11.3 Å². The number of hydrogen-bond donors (Lipinski definition) is 1. The van der Waals surface area contributed by atoms with Crippen molar-refractivity contribution in [2.45, 2.75) is 38.5 Å². The third kappa shape index (κ3) is 2.74. The third-order valence-corrected chi connectivity index (χ3v) is 4.36. The monoisotopic (exact) mass is 327 g/mol. The summed E-state index contributed by atoms with van der Waals surface area (Å²) in [4.78, 5) is 12.1. The van der Waals surface area contributed by atoms with Crippen LogP contribution in [0.25, 0.3) is 0 Å². The molecule has 104 valence electrons. The van der Waals surface area contributed by atoms with Gasteiger partial charge in [-0.1, -0.05) is 6.08 Å². The van der Waals surface area contributed by atoms with Crippen LogP contribution in [0.4, 0.5) is 5.69 Å². The number of halogens is 1. The van der Waals surface area contributed by atoms with Crippen molar-refractivity contribution in [1.82, 2.24) is 9.78 Å². The highest BCUT2D eigenvalue weighted by Gasteiger charge is 2.37. The molecule has 1 aliphatic rings. The van der Waals surface area contributed by atoms with Crippen molar-refractivity contribution in [3.63, 3.8) is 0 Å². The molecule has 19 heavy (non-hydrogen) atoms. The molecule has 1 fully saturated rings. The number of anilines is 1. The summed E-state index contributed by atoms with van der Waals surface area (Å²) in [6, 6.07) is 0. The Labute approximate surface area is 120 Å². The fourth-order valence-corrected chi connectivity index (χ4v) is 2.52. The van der Waals surface area contributed by atoms with Gasteiger partial charge in [0.1, 0.15) is 4.47 Å². The van der Waals surface area contributed by atoms with Crippen LogP contribution >= 0.6 is 15.9 Å². The van der Waals surface area contributed by atoms with Crippen LogP contribution in [0, 0.1) is 0 Å². The first kappa shape index (κ1) is 14.3. The SMILES string of the molecule is C=CCn1ncc(NC2(C)CCOC2C)c(Br)c1=O. The Kier molecular flexibility index (Phi) is 4.10. The van der Waals surface area contributed by atoms with Crippen molar-refractivity contribution in [3.8, 4) is 0 Å². The summed E-state index contributed by atoms with van der Waals surface area (Å²) in [7, 11) is 0. The van der Waals surface area contributed by atoms with Crippen LogP contribution in [0.2, 0.25) is 0 Å². The Hall–Kier alpha value is -1.14. The quantitative estimate of drug-likeness (QED) is 0.861. The maximum atomic E-state index is 12.1. The molecule has 0 saturated carbocycles. The van der Waals surface area contributed by atoms with Crippen LogP contribution in [0.1, 0.15) is 20.3 Å². The molecule has 1 N–H and O–H groups in total. The molecular formula is C13H18BrN3O2. The number of aromatic nitrogens is 2. The van der Waals surface area contributed by atoms with Crippen molar-refractivity contribution in [3.05, 3.63) is 33.7 Å². The molecule has 2 rings (SSSR count). The summed E-state index contributed by atoms with van der Waals surface area (Å²) in [6.07, 6.45) is 4.29. The molecular weight excluding hydrogens is 310 g/mol. The molecule has 0 bridgehead atoms. The average Bonchev–Trinajstić information content (AvgIpc) is 2.70. The molecule has 2 heterocycles. The Bertz CT molecular complexity index is 543. The Balaban J connectivity index is 2.29. The Morgan fingerprint density at radius 1 is 1.79 bits per heavy atom. The van der Waals surface area contributed by atoms with E-state index in [4.69, 9.17) is 4.74 Å². The van der Waals surface area contributed by atoms with E-state index in [1.165, 1.54) is 4.68 Å². The van der Waals surface area contributed by atoms with E-state index in [9.17, 15) is 4.79 Å². The second-order valence-electron chi connectivity index (χ2n) is 4.95. The largest absolute Gasteiger partial charge is 0.376 e. The topological polar surface area (TPSA) is 56.1 Å². The molecule has 1 aromatic heterocycles. The van der Waals surface area contributed by atoms with E-state index in [0.717, 1.165) is 13.0 Å². The summed E-state index contributed by atoms with van der Waals surface area (Å²) >= 11 is 3.34. The van der Waals surface area contributed by atoms with Crippen LogP contribution < -0.4 is 10.9 Å². The number of hydrogen-bond acceptors (Lipinski definition) is 4. The zero-order chi connectivity index (χ0) is 14.0. The minimum Gasteiger partial charge on any atom is -0.376 e. The van der Waals surface area contributed by atoms with Gasteiger partial charge in [0.15, 0.2) is 0 Å². The van der Waals surface area contributed by atoms with E-state index in [-0.39, 0.29) is 17.2 Å². The molecule has 6 heteroatoms. The lowest BCUT2D eigenvalue weighted by molar-refractivity contribution is 0.105. The second-order valence-corrected chi connectivity index (χ2v) is 5.75. The summed E-state index contributed by atoms with van der Waals surface area (Å²) in [5, 5.41) is 7.50. The van der Waals surface area contributed by atoms with Crippen LogP contribution in [0.15, 0.2) is 28.1 Å². The van der Waals surface area contributed by atoms with E-state index in [1.807, 2.05) is 6.92 Å². The van der Waals surface area contributed by atoms with Gasteiger partial charge in [0.2, 0.25) is 0 Å². The van der Waals surface area contributed by atoms with Gasteiger partial charge in [0.05, 0.1) is 30.1 Å². The molecule has 5 nitrogen and oxygen atoms in total. The minimum absolute atomic E-state index is 0.0926. The van der Waals surface area contributed by atoms with Gasteiger partial charge in [0.25, 0.3) is 5.56 Å². The second kappa shape index (κ2) is 5.46. The van der Waals surface area contributed by atoms with Crippen molar-refractivity contribution in [2.75, 3.05) is 11.9 Å². The molecule has 0 spiro atoms. The molecule has 2 atom stereocenters. The summed E-state index contributed by atoms with van der Waals surface area (Å²) < 4.78 is 7.43. The number of rotatable bonds is 4. The van der Waals surface area contributed by atoms with Gasteiger partial charge >= 0.3 is 0 Å². The lowest BCUT2D eigenvalue weighted by Crippen LogP contribution is -2.42. The highest BCUT2D eigenvalue weighted by molar-refractivity contribution is 9.10. The van der Waals surface area contributed by atoms with Crippen molar-refractivity contribution < 1.29 is 4.74 Å². The highest BCUT2D eigenvalue weighted by Crippen LogP contribution is 2.31. The predicted octanol–water partition coefficient (Wildman–Crippen LogP) is 2.17. The number of nitrogens with one attached hydrogen (secondary N) is 1. The number of ether oxygens (including phenoxy) is 1. The van der Waals surface area contributed by atoms with Gasteiger partial charge < -0.3 is 10.1 Å². The first-order valence-corrected chi connectivity index (χ1v) is 7.03. The Morgan fingerprint density at radius 2 is 2.53 bits per heavy atom. The fraction of sp³-hybridized carbons (Fsp3) is 0.538. The van der Waals surface area contributed by atoms with E-state index in [2.05, 4.69) is 39.8 Å². The summed E-state index contributed by atoms with van der Waals surface area (Å²) in [5.41, 5.74) is 0.353. The van der Waals surface area contributed by atoms with E-state index >= 15 is 0 Å². The zero-order valence-electron chi connectivity index (χ0n) is 11.1. The van der Waals surface area contributed by atoms with Crippen LogP contribution in [0.3, 0.4) is 0 Å². The van der Waals surface area contributed by atoms with Gasteiger partial charge in [-0.25, -0.2) is 4.68 Å². The first-order valence-electron chi connectivity index (χ1n) is 6.24. The standard InChI is InChI=1S/C13H18BrN3O2/c1-4-6-17-12(18)11(14)10(8-15-17)16-13(3)5-7-19-9(13)2/h4,8-9,16H,1,5-7H2,2-3H3. The predicted molar refractivity (Wildman–Crippen MR) is 78.5 cm³/mol. The van der Waals surface area contributed by atoms with Gasteiger partial charge in [0, 0.05) is 6.61 Å². The minimum atomic E-state index is -0.179. The number of allylic oxidation sites excluding steroid dienone is 1. The van der Waals surface area contributed by atoms with Crippen molar-refractivity contribution in [1.29, 1.82) is 0 Å². The van der Waals surface area contributed by atoms with Gasteiger partial charge in [-0.2, -0.15) is 5.10 Å². The van der Waals surface area contributed by atoms with Crippen LogP contribution in [0.5, 0.6) is 0 Å². The normalized spacial score (nSPS) is 26.4. The average molecular weight is 328 g/mol. The lowest BCUT2D eigenvalue weighted by atomic mass is 9.94. The maximum Gasteiger partial charge on any atom is 0.283 e. The smallest absolute Gasteiger partial charge is 0.283 e. The van der Waals surface area contributed by atoms with Crippen molar-refractivity contribution in [2.24, 2.45) is 0 Å². The summed E-state index contributed by atoms with van der Waals surface area (Å²) in [6.45, 7) is 8.85. The van der Waals surface area contributed by atoms with Crippen molar-refractivity contribution >= 4 is 21.6 Å². The van der Waals surface area contributed by atoms with Gasteiger partial charge in [-0.05, 0) is 36.2 Å². The van der Waals surface area contributed by atoms with Crippen LogP contribution in [-0.4, -0.2) is 28.0 Å². The van der Waals surface area contributed by atoms with Gasteiger partial charge in [-0.3, -0.25) is 4.79 Å². The molecule has 1 aliphatic heterocycles.